The molecule has 0 radical (unpaired) electrons. The van der Waals surface area contributed by atoms with Crippen LogP contribution in [0.4, 0.5) is 0 Å². The first kappa shape index (κ1) is 21.1. The van der Waals surface area contributed by atoms with Gasteiger partial charge in [-0.25, -0.2) is 4.98 Å². The van der Waals surface area contributed by atoms with Gasteiger partial charge in [-0.1, -0.05) is 13.0 Å². The fraction of sp³-hybridized carbons (Fsp3) is 0.524. The molecule has 8 nitrogen and oxygen atoms in total. The number of piperazine rings is 1. The number of benzene rings is 1. The zero-order valence-electron chi connectivity index (χ0n) is 17.4. The summed E-state index contributed by atoms with van der Waals surface area (Å²) in [5.41, 5.74) is 1.39. The van der Waals surface area contributed by atoms with Gasteiger partial charge >= 0.3 is 0 Å². The molecule has 1 atom stereocenters. The van der Waals surface area contributed by atoms with Gasteiger partial charge in [-0.05, 0) is 31.0 Å². The number of hydrogen-bond donors (Lipinski definition) is 2. The predicted octanol–water partition coefficient (Wildman–Crippen LogP) is 2.23. The maximum atomic E-state index is 12.1. The lowest BCUT2D eigenvalue weighted by Crippen LogP contribution is -2.45. The van der Waals surface area contributed by atoms with Gasteiger partial charge in [-0.3, -0.25) is 14.6 Å². The van der Waals surface area contributed by atoms with E-state index in [-0.39, 0.29) is 17.7 Å². The Bertz CT molecular complexity index is 815. The third-order valence-corrected chi connectivity index (χ3v) is 5.25. The largest absolute Gasteiger partial charge is 0.504 e. The Kier molecular flexibility index (Phi) is 7.11. The summed E-state index contributed by atoms with van der Waals surface area (Å²) >= 11 is 0. The third kappa shape index (κ3) is 5.71. The van der Waals surface area contributed by atoms with E-state index in [9.17, 15) is 9.90 Å². The van der Waals surface area contributed by atoms with Crippen LogP contribution in [0.2, 0.25) is 0 Å². The van der Waals surface area contributed by atoms with Crippen LogP contribution in [0.15, 0.2) is 28.9 Å². The Morgan fingerprint density at radius 1 is 1.28 bits per heavy atom. The number of phenols is 1. The lowest BCUT2D eigenvalue weighted by molar-refractivity contribution is 0.0934. The zero-order valence-corrected chi connectivity index (χ0v) is 17.4. The Morgan fingerprint density at radius 3 is 2.59 bits per heavy atom. The van der Waals surface area contributed by atoms with E-state index in [0.29, 0.717) is 23.9 Å². The first-order valence-electron chi connectivity index (χ1n) is 10.0. The molecule has 1 aromatic heterocycles. The molecule has 1 aliphatic heterocycles. The van der Waals surface area contributed by atoms with Gasteiger partial charge in [0.2, 0.25) is 5.89 Å². The molecule has 0 saturated carbocycles. The van der Waals surface area contributed by atoms with Crippen LogP contribution in [0.3, 0.4) is 0 Å². The first-order chi connectivity index (χ1) is 14.0. The van der Waals surface area contributed by atoms with Crippen LogP contribution in [0.25, 0.3) is 0 Å². The van der Waals surface area contributed by atoms with E-state index >= 15 is 0 Å². The highest BCUT2D eigenvalue weighted by Crippen LogP contribution is 2.27. The van der Waals surface area contributed by atoms with Gasteiger partial charge in [0, 0.05) is 38.8 Å². The van der Waals surface area contributed by atoms with Crippen molar-refractivity contribution in [1.29, 1.82) is 0 Å². The molecule has 1 aliphatic rings. The molecule has 2 N–H and O–H groups in total. The lowest BCUT2D eigenvalue weighted by Gasteiger charge is -2.34. The highest BCUT2D eigenvalue weighted by Gasteiger charge is 2.20. The van der Waals surface area contributed by atoms with Gasteiger partial charge in [-0.2, -0.15) is 0 Å². The number of amides is 1. The number of aromatic hydroxyl groups is 1. The zero-order chi connectivity index (χ0) is 20.8. The van der Waals surface area contributed by atoms with Gasteiger partial charge < -0.3 is 19.6 Å². The SMILES string of the molecule is CCC(C)NC(=O)c1coc(CN2CCN(Cc3ccc(OC)c(O)c3)CC2)n1. The van der Waals surface area contributed by atoms with E-state index in [1.807, 2.05) is 19.9 Å². The Morgan fingerprint density at radius 2 is 1.97 bits per heavy atom. The highest BCUT2D eigenvalue weighted by atomic mass is 16.5. The summed E-state index contributed by atoms with van der Waals surface area (Å²) in [7, 11) is 1.54. The van der Waals surface area contributed by atoms with Crippen molar-refractivity contribution in [3.63, 3.8) is 0 Å². The average molecular weight is 402 g/mol. The third-order valence-electron chi connectivity index (χ3n) is 5.25. The minimum Gasteiger partial charge on any atom is -0.504 e. The standard InChI is InChI=1S/C21H30N4O4/c1-4-15(2)22-21(27)17-14-29-20(23-17)13-25-9-7-24(8-10-25)12-16-5-6-19(28-3)18(26)11-16/h5-6,11,14-15,26H,4,7-10,12-13H2,1-3H3,(H,22,27). The molecule has 158 valence electrons. The number of methoxy groups -OCH3 is 1. The van der Waals surface area contributed by atoms with Crippen molar-refractivity contribution >= 4 is 5.91 Å². The van der Waals surface area contributed by atoms with Gasteiger partial charge in [0.15, 0.2) is 17.2 Å². The smallest absolute Gasteiger partial charge is 0.273 e. The number of carbonyl (C=O) groups excluding carboxylic acids is 1. The molecule has 2 heterocycles. The summed E-state index contributed by atoms with van der Waals surface area (Å²) in [6, 6.07) is 5.63. The van der Waals surface area contributed by atoms with Crippen molar-refractivity contribution in [2.24, 2.45) is 0 Å². The van der Waals surface area contributed by atoms with Crippen LogP contribution in [-0.4, -0.2) is 65.1 Å². The summed E-state index contributed by atoms with van der Waals surface area (Å²) in [4.78, 5) is 21.1. The molecule has 29 heavy (non-hydrogen) atoms. The molecular formula is C21H30N4O4. The quantitative estimate of drug-likeness (QED) is 0.700. The summed E-state index contributed by atoms with van der Waals surface area (Å²) in [5.74, 6) is 1.03. The summed E-state index contributed by atoms with van der Waals surface area (Å²) in [5, 5.41) is 12.8. The Balaban J connectivity index is 1.46. The van der Waals surface area contributed by atoms with Crippen molar-refractivity contribution in [3.05, 3.63) is 41.6 Å². The van der Waals surface area contributed by atoms with Gasteiger partial charge in [0.1, 0.15) is 6.26 Å². The fourth-order valence-corrected chi connectivity index (χ4v) is 3.28. The Labute approximate surface area is 171 Å². The number of aromatic nitrogens is 1. The number of oxazole rings is 1. The maximum Gasteiger partial charge on any atom is 0.273 e. The minimum absolute atomic E-state index is 0.114. The minimum atomic E-state index is -0.193. The van der Waals surface area contributed by atoms with E-state index in [0.717, 1.165) is 44.7 Å². The highest BCUT2D eigenvalue weighted by molar-refractivity contribution is 5.92. The van der Waals surface area contributed by atoms with Crippen LogP contribution >= 0.6 is 0 Å². The van der Waals surface area contributed by atoms with Crippen LogP contribution in [0.5, 0.6) is 11.5 Å². The predicted molar refractivity (Wildman–Crippen MR) is 109 cm³/mol. The molecule has 1 unspecified atom stereocenters. The molecule has 8 heteroatoms. The number of nitrogens with zero attached hydrogens (tertiary/aromatic N) is 3. The van der Waals surface area contributed by atoms with Crippen molar-refractivity contribution in [1.82, 2.24) is 20.1 Å². The lowest BCUT2D eigenvalue weighted by atomic mass is 10.1. The average Bonchev–Trinajstić information content (AvgIpc) is 3.18. The molecule has 0 bridgehead atoms. The number of hydrogen-bond acceptors (Lipinski definition) is 7. The summed E-state index contributed by atoms with van der Waals surface area (Å²) in [6.07, 6.45) is 2.30. The number of phenolic OH excluding ortho intramolecular Hbond substituents is 1. The van der Waals surface area contributed by atoms with E-state index in [4.69, 9.17) is 9.15 Å². The van der Waals surface area contributed by atoms with E-state index < -0.39 is 0 Å². The second kappa shape index (κ2) is 9.76. The van der Waals surface area contributed by atoms with Crippen LogP contribution < -0.4 is 10.1 Å². The van der Waals surface area contributed by atoms with Crippen molar-refractivity contribution in [2.45, 2.75) is 39.4 Å². The van der Waals surface area contributed by atoms with Gasteiger partial charge in [-0.15, -0.1) is 0 Å². The first-order valence-corrected chi connectivity index (χ1v) is 10.0. The van der Waals surface area contributed by atoms with Crippen molar-refractivity contribution < 1.29 is 19.1 Å². The molecule has 1 fully saturated rings. The maximum absolute atomic E-state index is 12.1. The van der Waals surface area contributed by atoms with Gasteiger partial charge in [0.05, 0.1) is 13.7 Å². The number of carbonyl (C=O) groups is 1. The summed E-state index contributed by atoms with van der Waals surface area (Å²) < 4.78 is 10.6. The molecule has 1 amide bonds. The van der Waals surface area contributed by atoms with Crippen molar-refractivity contribution in [3.8, 4) is 11.5 Å². The molecule has 1 aromatic carbocycles. The van der Waals surface area contributed by atoms with E-state index in [1.54, 1.807) is 19.2 Å². The molecular weight excluding hydrogens is 372 g/mol. The molecule has 2 aromatic rings. The van der Waals surface area contributed by atoms with Crippen LogP contribution in [0.1, 0.15) is 42.2 Å². The topological polar surface area (TPSA) is 91.1 Å². The Hall–Kier alpha value is -2.58. The van der Waals surface area contributed by atoms with E-state index in [2.05, 4.69) is 20.1 Å². The second-order valence-electron chi connectivity index (χ2n) is 7.47. The molecule has 0 spiro atoms. The molecule has 0 aliphatic carbocycles. The number of rotatable bonds is 8. The summed E-state index contributed by atoms with van der Waals surface area (Å²) in [6.45, 7) is 8.96. The molecule has 3 rings (SSSR count). The van der Waals surface area contributed by atoms with E-state index in [1.165, 1.54) is 6.26 Å². The monoisotopic (exact) mass is 402 g/mol. The normalized spacial score (nSPS) is 16.5. The second-order valence-corrected chi connectivity index (χ2v) is 7.47. The van der Waals surface area contributed by atoms with Crippen LogP contribution in [0, 0.1) is 0 Å². The van der Waals surface area contributed by atoms with Crippen LogP contribution in [-0.2, 0) is 13.1 Å². The van der Waals surface area contributed by atoms with Gasteiger partial charge in [0.25, 0.3) is 5.91 Å². The fourth-order valence-electron chi connectivity index (χ4n) is 3.28. The van der Waals surface area contributed by atoms with Crippen molar-refractivity contribution in [2.75, 3.05) is 33.3 Å². The number of nitrogens with one attached hydrogen (secondary N) is 1. The number of ether oxygens (including phenoxy) is 1. The molecule has 1 saturated heterocycles.